The Hall–Kier alpha value is -4.63. The van der Waals surface area contributed by atoms with Gasteiger partial charge in [-0.3, -0.25) is 19.3 Å². The lowest BCUT2D eigenvalue weighted by Crippen LogP contribution is -2.71. The van der Waals surface area contributed by atoms with Crippen LogP contribution in [0.5, 0.6) is 11.5 Å². The summed E-state index contributed by atoms with van der Waals surface area (Å²) < 4.78 is 0.660. The molecule has 2 saturated heterocycles. The number of nitrogen functional groups attached to an aromatic ring is 1. The van der Waals surface area contributed by atoms with E-state index in [-0.39, 0.29) is 22.1 Å². The van der Waals surface area contributed by atoms with Crippen LogP contribution in [-0.4, -0.2) is 133 Å². The molecule has 3 atom stereocenters. The number of carboxylic acids is 2. The molecule has 21 heteroatoms. The van der Waals surface area contributed by atoms with E-state index in [2.05, 4.69) is 20.8 Å². The van der Waals surface area contributed by atoms with Crippen LogP contribution in [0.4, 0.5) is 5.13 Å². The summed E-state index contributed by atoms with van der Waals surface area (Å²) >= 11 is 8.19. The first kappa shape index (κ1) is 36.6. The van der Waals surface area contributed by atoms with Crippen molar-refractivity contribution < 1.29 is 53.7 Å². The van der Waals surface area contributed by atoms with Gasteiger partial charge in [-0.25, -0.2) is 14.6 Å². The second-order valence-corrected chi connectivity index (χ2v) is 14.1. The highest BCUT2D eigenvalue weighted by atomic mass is 35.5. The first-order valence-electron chi connectivity index (χ1n) is 15.2. The van der Waals surface area contributed by atoms with Gasteiger partial charge in [-0.15, -0.1) is 23.1 Å². The lowest BCUT2D eigenvalue weighted by Gasteiger charge is -2.50. The number of carbonyl (C=O) groups is 5. The van der Waals surface area contributed by atoms with E-state index in [0.29, 0.717) is 35.4 Å². The quantitative estimate of drug-likeness (QED) is 0.0405. The molecule has 0 unspecified atom stereocenters. The lowest BCUT2D eigenvalue weighted by atomic mass is 10.0. The number of thioether (sulfide) groups is 1. The molecule has 3 aliphatic rings. The standard InChI is InChI=1S/C29H33ClN8O10S2/c30-18-14(3-4-17(39)22(18)40)23(41)33-15(27(44)45)10-48-36-19(16-12-50-29(32)34-16)24(42)35-20-25(43)37-21(28(46)47)13(11-49-26(20)37)9-38(8-5-31)6-1-2-7-38/h3-4,12,15,20,26H,1-2,5-11,31H2,(H7-,32,33,34,35,36,39,40,41,42,44,45,46,47)/p+1/t15-,20+,26+/m0/s1. The van der Waals surface area contributed by atoms with Crippen LogP contribution in [0.2, 0.25) is 5.02 Å². The molecule has 0 saturated carbocycles. The van der Waals surface area contributed by atoms with Gasteiger partial charge in [0.1, 0.15) is 36.0 Å². The van der Waals surface area contributed by atoms with Crippen molar-refractivity contribution in [2.24, 2.45) is 10.9 Å². The molecule has 3 aliphatic heterocycles. The Morgan fingerprint density at radius 3 is 2.54 bits per heavy atom. The maximum atomic E-state index is 13.5. The number of thiazole rings is 1. The highest BCUT2D eigenvalue weighted by molar-refractivity contribution is 8.00. The summed E-state index contributed by atoms with van der Waals surface area (Å²) in [6.07, 6.45) is 2.01. The fourth-order valence-electron chi connectivity index (χ4n) is 6.08. The molecule has 3 amide bonds. The van der Waals surface area contributed by atoms with Crippen molar-refractivity contribution in [3.63, 3.8) is 0 Å². The number of fused-ring (bicyclic) bond motifs is 1. The molecule has 5 rings (SSSR count). The predicted octanol–water partition coefficient (Wildman–Crippen LogP) is -0.298. The number of rotatable bonds is 14. The monoisotopic (exact) mass is 753 g/mol. The summed E-state index contributed by atoms with van der Waals surface area (Å²) in [5.41, 5.74) is 11.3. The fraction of sp³-hybridized carbons (Fsp3) is 0.414. The van der Waals surface area contributed by atoms with Crippen molar-refractivity contribution in [2.75, 3.05) is 50.8 Å². The number of nitrogens with one attached hydrogen (secondary N) is 2. The van der Waals surface area contributed by atoms with Crippen LogP contribution < -0.4 is 22.1 Å². The van der Waals surface area contributed by atoms with Crippen LogP contribution in [0.1, 0.15) is 28.9 Å². The van der Waals surface area contributed by atoms with Crippen molar-refractivity contribution >= 4 is 75.2 Å². The molecule has 50 heavy (non-hydrogen) atoms. The molecule has 10 N–H and O–H groups in total. The molecule has 268 valence electrons. The second-order valence-electron chi connectivity index (χ2n) is 11.8. The van der Waals surface area contributed by atoms with E-state index >= 15 is 0 Å². The number of halogens is 1. The van der Waals surface area contributed by atoms with Crippen LogP contribution in [0.3, 0.4) is 0 Å². The van der Waals surface area contributed by atoms with Gasteiger partial charge in [0.15, 0.2) is 28.4 Å². The number of anilines is 1. The smallest absolute Gasteiger partial charge is 0.352 e. The maximum absolute atomic E-state index is 13.5. The molecule has 2 fully saturated rings. The number of aromatic hydroxyl groups is 2. The Kier molecular flexibility index (Phi) is 11.1. The number of aliphatic carboxylic acids is 2. The third-order valence-electron chi connectivity index (χ3n) is 8.50. The van der Waals surface area contributed by atoms with Gasteiger partial charge >= 0.3 is 11.9 Å². The van der Waals surface area contributed by atoms with Gasteiger partial charge < -0.3 is 51.8 Å². The summed E-state index contributed by atoms with van der Waals surface area (Å²) in [6.45, 7) is 2.55. The van der Waals surface area contributed by atoms with Gasteiger partial charge in [0.05, 0.1) is 30.2 Å². The highest BCUT2D eigenvalue weighted by Crippen LogP contribution is 2.41. The lowest BCUT2D eigenvalue weighted by molar-refractivity contribution is -0.910. The molecule has 18 nitrogen and oxygen atoms in total. The normalized spacial score (nSPS) is 20.5. The molecule has 2 aromatic rings. The maximum Gasteiger partial charge on any atom is 0.352 e. The van der Waals surface area contributed by atoms with E-state index < -0.39 is 76.0 Å². The Bertz CT molecular complexity index is 1780. The highest BCUT2D eigenvalue weighted by Gasteiger charge is 2.55. The van der Waals surface area contributed by atoms with Gasteiger partial charge in [-0.2, -0.15) is 0 Å². The third kappa shape index (κ3) is 7.43. The van der Waals surface area contributed by atoms with E-state index in [9.17, 15) is 44.4 Å². The van der Waals surface area contributed by atoms with Crippen molar-refractivity contribution in [1.82, 2.24) is 20.5 Å². The van der Waals surface area contributed by atoms with Crippen LogP contribution >= 0.6 is 34.7 Å². The molecular weight excluding hydrogens is 720 g/mol. The summed E-state index contributed by atoms with van der Waals surface area (Å²) in [6, 6.07) is -0.802. The average molecular weight is 754 g/mol. The number of benzene rings is 1. The Labute approximate surface area is 297 Å². The molecule has 0 bridgehead atoms. The summed E-state index contributed by atoms with van der Waals surface area (Å²) in [7, 11) is 0. The molecule has 1 aromatic carbocycles. The zero-order chi connectivity index (χ0) is 36.3. The van der Waals surface area contributed by atoms with Gasteiger partial charge in [0.2, 0.25) is 0 Å². The van der Waals surface area contributed by atoms with E-state index in [1.807, 2.05) is 0 Å². The number of phenolic OH excluding ortho intramolecular Hbond substituents is 2. The van der Waals surface area contributed by atoms with Crippen LogP contribution in [0, 0.1) is 0 Å². The second kappa shape index (κ2) is 15.1. The number of β-lactam (4-membered cyclic amide) rings is 1. The number of amides is 3. The molecular formula is C29H34ClN8O10S2+. The minimum atomic E-state index is -1.73. The van der Waals surface area contributed by atoms with Gasteiger partial charge in [-0.1, -0.05) is 16.8 Å². The molecule has 0 spiro atoms. The van der Waals surface area contributed by atoms with E-state index in [4.69, 9.17) is 27.9 Å². The Morgan fingerprint density at radius 1 is 1.20 bits per heavy atom. The van der Waals surface area contributed by atoms with Crippen molar-refractivity contribution in [3.05, 3.63) is 45.1 Å². The number of hydrogen-bond acceptors (Lipinski definition) is 14. The topological polar surface area (TPSA) is 280 Å². The first-order valence-corrected chi connectivity index (χ1v) is 17.5. The summed E-state index contributed by atoms with van der Waals surface area (Å²) in [4.78, 5) is 74.3. The average Bonchev–Trinajstić information content (AvgIpc) is 3.72. The zero-order valence-corrected chi connectivity index (χ0v) is 28.6. The minimum Gasteiger partial charge on any atom is -0.504 e. The predicted molar refractivity (Wildman–Crippen MR) is 180 cm³/mol. The number of carbonyl (C=O) groups excluding carboxylic acids is 3. The third-order valence-corrected chi connectivity index (χ3v) is 10.9. The van der Waals surface area contributed by atoms with Crippen molar-refractivity contribution in [2.45, 2.75) is 30.3 Å². The number of hydrogen-bond donors (Lipinski definition) is 8. The zero-order valence-electron chi connectivity index (χ0n) is 26.2. The fourth-order valence-corrected chi connectivity index (χ4v) is 8.21. The Balaban J connectivity index is 1.30. The van der Waals surface area contributed by atoms with Gasteiger partial charge in [0.25, 0.3) is 17.7 Å². The number of phenols is 2. The first-order chi connectivity index (χ1) is 23.8. The van der Waals surface area contributed by atoms with Gasteiger partial charge in [0, 0.05) is 36.1 Å². The summed E-state index contributed by atoms with van der Waals surface area (Å²) in [5, 5.41) is 47.9. The minimum absolute atomic E-state index is 0.0554. The molecule has 1 aromatic heterocycles. The SMILES string of the molecule is NCC[N+]1(CC2=C(C(=O)O)N3C(=O)[C@@H](NC(=O)/C(=N\OC[C@H](NC(=O)c4ccc(O)c(O)c4Cl)C(=O)O)c4csc(N)n4)[C@H]3SC2)CCCC1. The largest absolute Gasteiger partial charge is 0.504 e. The number of nitrogens with zero attached hydrogens (tertiary/aromatic N) is 4. The number of quaternary nitrogens is 1. The molecule has 4 heterocycles. The van der Waals surface area contributed by atoms with Crippen LogP contribution in [0.25, 0.3) is 0 Å². The number of carboxylic acid groups (broad SMARTS) is 2. The van der Waals surface area contributed by atoms with Crippen LogP contribution in [0.15, 0.2) is 33.9 Å². The number of aromatic nitrogens is 1. The molecule has 0 aliphatic carbocycles. The number of nitrogens with two attached hydrogens (primary N) is 2. The van der Waals surface area contributed by atoms with Gasteiger partial charge in [-0.05, 0) is 12.1 Å². The number of likely N-dealkylation sites (tertiary alicyclic amines) is 1. The van der Waals surface area contributed by atoms with Crippen molar-refractivity contribution in [3.8, 4) is 11.5 Å². The summed E-state index contributed by atoms with van der Waals surface area (Å²) in [5.74, 6) is -6.43. The van der Waals surface area contributed by atoms with Crippen LogP contribution in [-0.2, 0) is 24.0 Å². The van der Waals surface area contributed by atoms with Crippen molar-refractivity contribution in [1.29, 1.82) is 0 Å². The Morgan fingerprint density at radius 2 is 1.92 bits per heavy atom. The van der Waals surface area contributed by atoms with E-state index in [1.54, 1.807) is 0 Å². The molecule has 0 radical (unpaired) electrons. The van der Waals surface area contributed by atoms with E-state index in [1.165, 1.54) is 22.0 Å². The number of oxime groups is 1. The van der Waals surface area contributed by atoms with E-state index in [0.717, 1.165) is 49.4 Å².